The van der Waals surface area contributed by atoms with Gasteiger partial charge in [-0.15, -0.1) is 0 Å². The molecule has 24 heavy (non-hydrogen) atoms. The van der Waals surface area contributed by atoms with Gasteiger partial charge in [-0.05, 0) is 61.3 Å². The van der Waals surface area contributed by atoms with Crippen molar-refractivity contribution in [3.8, 4) is 5.75 Å². The van der Waals surface area contributed by atoms with Gasteiger partial charge in [-0.1, -0.05) is 6.07 Å². The van der Waals surface area contributed by atoms with E-state index in [9.17, 15) is 9.59 Å². The molecular weight excluding hydrogens is 306 g/mol. The minimum Gasteiger partial charge on any atom is -0.497 e. The summed E-state index contributed by atoms with van der Waals surface area (Å²) in [5.41, 5.74) is 2.57. The molecule has 1 aromatic carbocycles. The summed E-state index contributed by atoms with van der Waals surface area (Å²) in [6.45, 7) is 1.13. The summed E-state index contributed by atoms with van der Waals surface area (Å²) in [4.78, 5) is 25.5. The first-order valence-corrected chi connectivity index (χ1v) is 8.76. The number of amides is 1. The van der Waals surface area contributed by atoms with Crippen LogP contribution in [0.25, 0.3) is 0 Å². The van der Waals surface area contributed by atoms with Crippen molar-refractivity contribution in [1.82, 2.24) is 4.90 Å². The SMILES string of the molecule is COc1ccc2c(c1)CCC[C@H]2CC(=O)N1CCC(C(=O)O)CC1. The Labute approximate surface area is 142 Å². The number of carbonyl (C=O) groups is 2. The Hall–Kier alpha value is -2.04. The Morgan fingerprint density at radius 1 is 1.25 bits per heavy atom. The third kappa shape index (κ3) is 3.55. The largest absolute Gasteiger partial charge is 0.497 e. The second-order valence-corrected chi connectivity index (χ2v) is 6.85. The van der Waals surface area contributed by atoms with Gasteiger partial charge >= 0.3 is 5.97 Å². The molecule has 2 aliphatic rings. The molecule has 1 aliphatic carbocycles. The molecule has 5 heteroatoms. The molecular formula is C19H25NO4. The van der Waals surface area contributed by atoms with Crippen LogP contribution in [0.5, 0.6) is 5.75 Å². The number of carboxylic acid groups (broad SMARTS) is 1. The fourth-order valence-electron chi connectivity index (χ4n) is 3.95. The number of likely N-dealkylation sites (tertiary alicyclic amines) is 1. The zero-order chi connectivity index (χ0) is 17.1. The highest BCUT2D eigenvalue weighted by Gasteiger charge is 2.29. The summed E-state index contributed by atoms with van der Waals surface area (Å²) in [5, 5.41) is 9.06. The zero-order valence-corrected chi connectivity index (χ0v) is 14.2. The van der Waals surface area contributed by atoms with Gasteiger partial charge in [-0.3, -0.25) is 9.59 Å². The van der Waals surface area contributed by atoms with Crippen LogP contribution in [0.4, 0.5) is 0 Å². The van der Waals surface area contributed by atoms with E-state index in [2.05, 4.69) is 12.1 Å². The fourth-order valence-corrected chi connectivity index (χ4v) is 3.95. The lowest BCUT2D eigenvalue weighted by Crippen LogP contribution is -2.40. The number of hydrogen-bond donors (Lipinski definition) is 1. The van der Waals surface area contributed by atoms with Crippen LogP contribution in [0.1, 0.15) is 49.1 Å². The molecule has 130 valence electrons. The second kappa shape index (κ2) is 7.24. The first-order valence-electron chi connectivity index (χ1n) is 8.76. The lowest BCUT2D eigenvalue weighted by atomic mass is 9.80. The summed E-state index contributed by atoms with van der Waals surface area (Å²) in [7, 11) is 1.67. The lowest BCUT2D eigenvalue weighted by molar-refractivity contribution is -0.145. The maximum Gasteiger partial charge on any atom is 0.306 e. The van der Waals surface area contributed by atoms with Crippen LogP contribution in [0.3, 0.4) is 0 Å². The number of aliphatic carboxylic acids is 1. The average molecular weight is 331 g/mol. The number of aryl methyl sites for hydroxylation is 1. The number of hydrogen-bond acceptors (Lipinski definition) is 3. The van der Waals surface area contributed by atoms with Crippen molar-refractivity contribution in [1.29, 1.82) is 0 Å². The van der Waals surface area contributed by atoms with Gasteiger partial charge in [0.15, 0.2) is 0 Å². The highest BCUT2D eigenvalue weighted by atomic mass is 16.5. The Bertz CT molecular complexity index is 620. The maximum absolute atomic E-state index is 12.6. The third-order valence-electron chi connectivity index (χ3n) is 5.41. The molecule has 0 unspecified atom stereocenters. The quantitative estimate of drug-likeness (QED) is 0.921. The van der Waals surface area contributed by atoms with Crippen LogP contribution in [0, 0.1) is 5.92 Å². The molecule has 1 saturated heterocycles. The van der Waals surface area contributed by atoms with Crippen molar-refractivity contribution in [2.24, 2.45) is 5.92 Å². The summed E-state index contributed by atoms with van der Waals surface area (Å²) in [6.07, 6.45) is 4.84. The summed E-state index contributed by atoms with van der Waals surface area (Å²) in [6, 6.07) is 6.16. The van der Waals surface area contributed by atoms with Crippen molar-refractivity contribution in [2.75, 3.05) is 20.2 Å². The predicted octanol–water partition coefficient (Wildman–Crippen LogP) is 2.83. The first-order chi connectivity index (χ1) is 11.6. The molecule has 1 fully saturated rings. The van der Waals surface area contributed by atoms with Gasteiger partial charge in [-0.25, -0.2) is 0 Å². The highest BCUT2D eigenvalue weighted by molar-refractivity contribution is 5.78. The molecule has 0 bridgehead atoms. The van der Waals surface area contributed by atoms with Gasteiger partial charge in [-0.2, -0.15) is 0 Å². The molecule has 0 spiro atoms. The molecule has 1 amide bonds. The molecule has 1 aliphatic heterocycles. The van der Waals surface area contributed by atoms with Crippen molar-refractivity contribution in [3.63, 3.8) is 0 Å². The van der Waals surface area contributed by atoms with Gasteiger partial charge in [0.1, 0.15) is 5.75 Å². The van der Waals surface area contributed by atoms with Crippen LogP contribution in [-0.2, 0) is 16.0 Å². The van der Waals surface area contributed by atoms with E-state index in [0.29, 0.717) is 32.4 Å². The number of nitrogens with zero attached hydrogens (tertiary/aromatic N) is 1. The van der Waals surface area contributed by atoms with Gasteiger partial charge in [0.25, 0.3) is 0 Å². The van der Waals surface area contributed by atoms with E-state index in [-0.39, 0.29) is 17.7 Å². The van der Waals surface area contributed by atoms with Crippen molar-refractivity contribution < 1.29 is 19.4 Å². The van der Waals surface area contributed by atoms with Gasteiger partial charge in [0.05, 0.1) is 13.0 Å². The molecule has 0 saturated carbocycles. The Morgan fingerprint density at radius 3 is 2.67 bits per heavy atom. The molecule has 0 aromatic heterocycles. The predicted molar refractivity (Wildman–Crippen MR) is 90.2 cm³/mol. The molecule has 1 N–H and O–H groups in total. The minimum absolute atomic E-state index is 0.160. The van der Waals surface area contributed by atoms with Crippen LogP contribution in [0.15, 0.2) is 18.2 Å². The second-order valence-electron chi connectivity index (χ2n) is 6.85. The number of rotatable bonds is 4. The van der Waals surface area contributed by atoms with Crippen LogP contribution >= 0.6 is 0 Å². The van der Waals surface area contributed by atoms with E-state index in [1.165, 1.54) is 11.1 Å². The van der Waals surface area contributed by atoms with E-state index < -0.39 is 5.97 Å². The highest BCUT2D eigenvalue weighted by Crippen LogP contribution is 2.36. The Balaban J connectivity index is 1.63. The van der Waals surface area contributed by atoms with E-state index in [0.717, 1.165) is 25.0 Å². The fraction of sp³-hybridized carbons (Fsp3) is 0.579. The molecule has 3 rings (SSSR count). The van der Waals surface area contributed by atoms with E-state index in [1.54, 1.807) is 7.11 Å². The monoisotopic (exact) mass is 331 g/mol. The van der Waals surface area contributed by atoms with Crippen LogP contribution < -0.4 is 4.74 Å². The Morgan fingerprint density at radius 2 is 2.00 bits per heavy atom. The molecule has 0 radical (unpaired) electrons. The van der Waals surface area contributed by atoms with E-state index in [4.69, 9.17) is 9.84 Å². The zero-order valence-electron chi connectivity index (χ0n) is 14.2. The van der Waals surface area contributed by atoms with Gasteiger partial charge < -0.3 is 14.7 Å². The molecule has 1 aromatic rings. The van der Waals surface area contributed by atoms with E-state index >= 15 is 0 Å². The van der Waals surface area contributed by atoms with Crippen LogP contribution in [0.2, 0.25) is 0 Å². The number of carbonyl (C=O) groups excluding carboxylic acids is 1. The summed E-state index contributed by atoms with van der Waals surface area (Å²) >= 11 is 0. The normalized spacial score (nSPS) is 21.2. The minimum atomic E-state index is -0.739. The van der Waals surface area contributed by atoms with Crippen molar-refractivity contribution in [3.05, 3.63) is 29.3 Å². The van der Waals surface area contributed by atoms with Gasteiger partial charge in [0.2, 0.25) is 5.91 Å². The maximum atomic E-state index is 12.6. The first kappa shape index (κ1) is 16.8. The van der Waals surface area contributed by atoms with Crippen molar-refractivity contribution in [2.45, 2.75) is 44.4 Å². The third-order valence-corrected chi connectivity index (χ3v) is 5.41. The summed E-state index contributed by atoms with van der Waals surface area (Å²) < 4.78 is 5.30. The standard InChI is InChI=1S/C19H25NO4/c1-24-16-5-6-17-14(11-16)3-2-4-15(17)12-18(21)20-9-7-13(8-10-20)19(22)23/h5-6,11,13,15H,2-4,7-10,12H2,1H3,(H,22,23)/t15-/m0/s1. The topological polar surface area (TPSA) is 66.8 Å². The molecule has 1 heterocycles. The van der Waals surface area contributed by atoms with Crippen molar-refractivity contribution >= 4 is 11.9 Å². The average Bonchev–Trinajstić information content (AvgIpc) is 2.61. The van der Waals surface area contributed by atoms with E-state index in [1.807, 2.05) is 11.0 Å². The molecule has 1 atom stereocenters. The van der Waals surface area contributed by atoms with Gasteiger partial charge in [0, 0.05) is 19.5 Å². The molecule has 5 nitrogen and oxygen atoms in total. The number of benzene rings is 1. The number of ether oxygens (including phenoxy) is 1. The number of fused-ring (bicyclic) bond motifs is 1. The number of carboxylic acids is 1. The van der Waals surface area contributed by atoms with Crippen LogP contribution in [-0.4, -0.2) is 42.1 Å². The Kier molecular flexibility index (Phi) is 5.07. The number of methoxy groups -OCH3 is 1. The smallest absolute Gasteiger partial charge is 0.306 e. The summed E-state index contributed by atoms with van der Waals surface area (Å²) in [5.74, 6) is 0.266. The lowest BCUT2D eigenvalue weighted by Gasteiger charge is -2.32. The number of piperidine rings is 1.